The molecule has 6 rings (SSSR count). The van der Waals surface area contributed by atoms with Crippen LogP contribution >= 0.6 is 0 Å². The Kier molecular flexibility index (Phi) is 4.83. The summed E-state index contributed by atoms with van der Waals surface area (Å²) in [6.45, 7) is 3.89. The van der Waals surface area contributed by atoms with Gasteiger partial charge in [0.1, 0.15) is 23.3 Å². The fourth-order valence-corrected chi connectivity index (χ4v) is 4.15. The number of nitrogens with zero attached hydrogens (tertiary/aromatic N) is 7. The number of ether oxygens (including phenoxy) is 3. The second kappa shape index (κ2) is 8.00. The molecule has 6 heterocycles. The van der Waals surface area contributed by atoms with E-state index in [-0.39, 0.29) is 12.1 Å². The standard InChI is InChI=1S/C22H24N8O3/c1-13-4-8-32-22-16(11-25-29(22)2)20-23-6-3-18(27-20)26-19-9-17-15(10-24-19)21(28-30(13)17)33-14-5-7-31-12-14/h3,6,9-11,13-14H,4-5,7-8,12H2,1-2H3,(H,23,24,26,27). The molecule has 4 bridgehead atoms. The lowest BCUT2D eigenvalue weighted by Crippen LogP contribution is -2.17. The molecule has 170 valence electrons. The summed E-state index contributed by atoms with van der Waals surface area (Å²) in [4.78, 5) is 13.7. The SMILES string of the molecule is CC1CCOc2c(cnn2C)-c2nccc(n2)Nc2cc3c(cn2)c(OC2CCOC2)nn31. The fourth-order valence-electron chi connectivity index (χ4n) is 4.15. The third kappa shape index (κ3) is 3.63. The average molecular weight is 448 g/mol. The van der Waals surface area contributed by atoms with Crippen molar-refractivity contribution in [2.24, 2.45) is 7.05 Å². The molecule has 0 saturated carbocycles. The van der Waals surface area contributed by atoms with Gasteiger partial charge >= 0.3 is 0 Å². The van der Waals surface area contributed by atoms with Crippen LogP contribution in [0.15, 0.2) is 30.7 Å². The van der Waals surface area contributed by atoms with Crippen molar-refractivity contribution in [3.8, 4) is 23.1 Å². The van der Waals surface area contributed by atoms with Crippen LogP contribution in [-0.2, 0) is 11.8 Å². The van der Waals surface area contributed by atoms with Gasteiger partial charge in [0.05, 0.1) is 43.0 Å². The number of hydrogen-bond donors (Lipinski definition) is 1. The highest BCUT2D eigenvalue weighted by Gasteiger charge is 2.24. The number of pyridine rings is 1. The molecule has 2 atom stereocenters. The summed E-state index contributed by atoms with van der Waals surface area (Å²) in [5.41, 5.74) is 1.67. The Bertz CT molecular complexity index is 1310. The van der Waals surface area contributed by atoms with Crippen molar-refractivity contribution in [3.05, 3.63) is 30.7 Å². The molecule has 4 aromatic rings. The van der Waals surface area contributed by atoms with Gasteiger partial charge in [0.25, 0.3) is 0 Å². The number of hydrogen-bond acceptors (Lipinski definition) is 9. The van der Waals surface area contributed by atoms with Crippen LogP contribution in [0.4, 0.5) is 11.6 Å². The predicted octanol–water partition coefficient (Wildman–Crippen LogP) is 2.88. The van der Waals surface area contributed by atoms with E-state index in [1.807, 2.05) is 17.8 Å². The second-order valence-electron chi connectivity index (χ2n) is 8.30. The van der Waals surface area contributed by atoms with Crippen molar-refractivity contribution in [2.75, 3.05) is 25.1 Å². The number of aromatic nitrogens is 7. The zero-order chi connectivity index (χ0) is 22.4. The van der Waals surface area contributed by atoms with Crippen molar-refractivity contribution in [1.29, 1.82) is 0 Å². The molecule has 11 heteroatoms. The third-order valence-corrected chi connectivity index (χ3v) is 5.95. The molecule has 0 spiro atoms. The van der Waals surface area contributed by atoms with Gasteiger partial charge in [-0.15, -0.1) is 5.10 Å². The Labute approximate surface area is 189 Å². The molecule has 1 saturated heterocycles. The molecule has 0 aromatic carbocycles. The summed E-state index contributed by atoms with van der Waals surface area (Å²) < 4.78 is 21.5. The zero-order valence-corrected chi connectivity index (χ0v) is 18.4. The minimum atomic E-state index is 0.00445. The quantitative estimate of drug-likeness (QED) is 0.494. The van der Waals surface area contributed by atoms with E-state index in [4.69, 9.17) is 19.3 Å². The van der Waals surface area contributed by atoms with Crippen LogP contribution in [0.25, 0.3) is 22.3 Å². The van der Waals surface area contributed by atoms with Crippen LogP contribution in [-0.4, -0.2) is 60.4 Å². The van der Waals surface area contributed by atoms with Crippen LogP contribution in [0, 0.1) is 0 Å². The van der Waals surface area contributed by atoms with E-state index in [1.54, 1.807) is 29.3 Å². The summed E-state index contributed by atoms with van der Waals surface area (Å²) >= 11 is 0. The van der Waals surface area contributed by atoms with Crippen molar-refractivity contribution < 1.29 is 14.2 Å². The molecule has 11 nitrogen and oxygen atoms in total. The number of rotatable bonds is 2. The van der Waals surface area contributed by atoms with Crippen molar-refractivity contribution >= 4 is 22.5 Å². The molecule has 0 aliphatic carbocycles. The Hall–Kier alpha value is -3.73. The molecule has 2 aliphatic heterocycles. The van der Waals surface area contributed by atoms with Gasteiger partial charge in [-0.05, 0) is 13.0 Å². The second-order valence-corrected chi connectivity index (χ2v) is 8.30. The molecule has 4 aromatic heterocycles. The molecule has 1 N–H and O–H groups in total. The van der Waals surface area contributed by atoms with Gasteiger partial charge < -0.3 is 19.5 Å². The van der Waals surface area contributed by atoms with Crippen LogP contribution in [0.2, 0.25) is 0 Å². The Morgan fingerprint density at radius 3 is 2.97 bits per heavy atom. The van der Waals surface area contributed by atoms with Crippen LogP contribution in [0.5, 0.6) is 11.8 Å². The van der Waals surface area contributed by atoms with E-state index >= 15 is 0 Å². The van der Waals surface area contributed by atoms with Crippen LogP contribution < -0.4 is 14.8 Å². The maximum absolute atomic E-state index is 6.18. The van der Waals surface area contributed by atoms with Gasteiger partial charge in [0, 0.05) is 38.3 Å². The molecule has 0 radical (unpaired) electrons. The topological polar surface area (TPSA) is 114 Å². The molecule has 33 heavy (non-hydrogen) atoms. The lowest BCUT2D eigenvalue weighted by atomic mass is 10.2. The fraction of sp³-hybridized carbons (Fsp3) is 0.409. The Balaban J connectivity index is 1.44. The van der Waals surface area contributed by atoms with E-state index in [2.05, 4.69) is 32.3 Å². The largest absolute Gasteiger partial charge is 0.477 e. The lowest BCUT2D eigenvalue weighted by molar-refractivity contribution is 0.138. The highest BCUT2D eigenvalue weighted by atomic mass is 16.6. The van der Waals surface area contributed by atoms with E-state index in [9.17, 15) is 0 Å². The maximum Gasteiger partial charge on any atom is 0.242 e. The van der Waals surface area contributed by atoms with E-state index in [0.717, 1.165) is 29.3 Å². The van der Waals surface area contributed by atoms with E-state index < -0.39 is 0 Å². The summed E-state index contributed by atoms with van der Waals surface area (Å²) in [5, 5.41) is 13.3. The van der Waals surface area contributed by atoms with Gasteiger partial charge in [-0.2, -0.15) is 5.10 Å². The first kappa shape index (κ1) is 19.9. The van der Waals surface area contributed by atoms with Crippen LogP contribution in [0.3, 0.4) is 0 Å². The summed E-state index contributed by atoms with van der Waals surface area (Å²) in [6.07, 6.45) is 6.81. The Morgan fingerprint density at radius 2 is 2.09 bits per heavy atom. The van der Waals surface area contributed by atoms with Crippen LogP contribution in [0.1, 0.15) is 25.8 Å². The summed E-state index contributed by atoms with van der Waals surface area (Å²) in [6, 6.07) is 3.83. The molecular formula is C22H24N8O3. The normalized spacial score (nSPS) is 20.2. The van der Waals surface area contributed by atoms with Crippen molar-refractivity contribution in [2.45, 2.75) is 31.9 Å². The first-order valence-electron chi connectivity index (χ1n) is 11.0. The van der Waals surface area contributed by atoms with Crippen molar-refractivity contribution in [3.63, 3.8) is 0 Å². The molecule has 0 amide bonds. The number of nitrogens with one attached hydrogen (secondary N) is 1. The number of aryl methyl sites for hydroxylation is 1. The average Bonchev–Trinajstić information content (AvgIpc) is 3.54. The minimum Gasteiger partial charge on any atom is -0.477 e. The Morgan fingerprint density at radius 1 is 1.15 bits per heavy atom. The summed E-state index contributed by atoms with van der Waals surface area (Å²) in [7, 11) is 1.84. The minimum absolute atomic E-state index is 0.00445. The van der Waals surface area contributed by atoms with Crippen molar-refractivity contribution in [1.82, 2.24) is 34.5 Å². The monoisotopic (exact) mass is 448 g/mol. The third-order valence-electron chi connectivity index (χ3n) is 5.95. The van der Waals surface area contributed by atoms with E-state index in [1.165, 1.54) is 0 Å². The lowest BCUT2D eigenvalue weighted by Gasteiger charge is -2.16. The predicted molar refractivity (Wildman–Crippen MR) is 120 cm³/mol. The highest BCUT2D eigenvalue weighted by molar-refractivity contribution is 5.86. The number of fused-ring (bicyclic) bond motifs is 5. The van der Waals surface area contributed by atoms with Gasteiger partial charge in [-0.1, -0.05) is 0 Å². The zero-order valence-electron chi connectivity index (χ0n) is 18.4. The summed E-state index contributed by atoms with van der Waals surface area (Å²) in [5.74, 6) is 3.03. The first-order valence-corrected chi connectivity index (χ1v) is 11.0. The number of anilines is 2. The molecule has 1 fully saturated rings. The van der Waals surface area contributed by atoms with Gasteiger partial charge in [-0.25, -0.2) is 19.6 Å². The van der Waals surface area contributed by atoms with E-state index in [0.29, 0.717) is 49.0 Å². The molecule has 2 aliphatic rings. The van der Waals surface area contributed by atoms with Gasteiger partial charge in [-0.3, -0.25) is 4.68 Å². The first-order chi connectivity index (χ1) is 16.2. The molecule has 2 unspecified atom stereocenters. The maximum atomic E-state index is 6.18. The molecular weight excluding hydrogens is 424 g/mol. The van der Waals surface area contributed by atoms with Gasteiger partial charge in [0.15, 0.2) is 5.82 Å². The highest BCUT2D eigenvalue weighted by Crippen LogP contribution is 2.33. The smallest absolute Gasteiger partial charge is 0.242 e. The van der Waals surface area contributed by atoms with Gasteiger partial charge in [0.2, 0.25) is 11.8 Å².